The van der Waals surface area contributed by atoms with Crippen LogP contribution in [0.1, 0.15) is 21.5 Å². The molecule has 0 atom stereocenters. The Morgan fingerprint density at radius 1 is 1.59 bits per heavy atom. The molecule has 1 N–H and O–H groups in total. The normalized spacial score (nSPS) is 10.1. The monoisotopic (exact) mass is 261 g/mol. The summed E-state index contributed by atoms with van der Waals surface area (Å²) in [6.45, 7) is -3.18. The third-order valence-corrected chi connectivity index (χ3v) is 2.18. The first-order valence-corrected chi connectivity index (χ1v) is 4.84. The predicted molar refractivity (Wildman–Crippen MR) is 54.3 cm³/mol. The van der Waals surface area contributed by atoms with E-state index in [4.69, 9.17) is 22.0 Å². The van der Waals surface area contributed by atoms with E-state index < -0.39 is 23.9 Å². The summed E-state index contributed by atoms with van der Waals surface area (Å²) in [6, 6.07) is 3.89. The van der Waals surface area contributed by atoms with Crippen LogP contribution in [0.5, 0.6) is 5.75 Å². The number of carboxylic acids is 1. The van der Waals surface area contributed by atoms with Crippen LogP contribution in [0.2, 0.25) is 0 Å². The van der Waals surface area contributed by atoms with Crippen LogP contribution < -0.4 is 4.74 Å². The van der Waals surface area contributed by atoms with E-state index in [9.17, 15) is 13.6 Å². The Morgan fingerprint density at radius 3 is 2.65 bits per heavy atom. The number of halogens is 3. The number of ether oxygens (including phenoxy) is 1. The molecule has 7 heteroatoms. The maximum atomic E-state index is 12.1. The molecule has 0 aliphatic carbocycles. The van der Waals surface area contributed by atoms with Crippen LogP contribution in [-0.2, 0) is 5.88 Å². The van der Waals surface area contributed by atoms with Gasteiger partial charge < -0.3 is 9.84 Å². The van der Waals surface area contributed by atoms with Crippen molar-refractivity contribution in [2.24, 2.45) is 0 Å². The van der Waals surface area contributed by atoms with Crippen molar-refractivity contribution in [3.05, 3.63) is 28.8 Å². The molecule has 0 saturated carbocycles. The molecular weight excluding hydrogens is 256 g/mol. The maximum Gasteiger partial charge on any atom is 0.387 e. The maximum absolute atomic E-state index is 12.1. The van der Waals surface area contributed by atoms with E-state index in [1.807, 2.05) is 0 Å². The average Bonchev–Trinajstić information content (AvgIpc) is 2.26. The molecule has 0 heterocycles. The Hall–Kier alpha value is -1.87. The summed E-state index contributed by atoms with van der Waals surface area (Å²) in [6.07, 6.45) is 0. The van der Waals surface area contributed by atoms with Crippen molar-refractivity contribution in [1.82, 2.24) is 0 Å². The van der Waals surface area contributed by atoms with Gasteiger partial charge in [0.15, 0.2) is 0 Å². The van der Waals surface area contributed by atoms with E-state index in [0.717, 1.165) is 6.07 Å². The number of carboxylic acid groups (broad SMARTS) is 1. The molecule has 0 aliphatic rings. The highest BCUT2D eigenvalue weighted by Crippen LogP contribution is 2.27. The van der Waals surface area contributed by atoms with Gasteiger partial charge in [0.2, 0.25) is 0 Å². The first-order valence-electron chi connectivity index (χ1n) is 4.30. The van der Waals surface area contributed by atoms with E-state index in [0.29, 0.717) is 5.56 Å². The van der Waals surface area contributed by atoms with E-state index in [-0.39, 0.29) is 11.4 Å². The van der Waals surface area contributed by atoms with Gasteiger partial charge in [-0.2, -0.15) is 14.0 Å². The molecule has 0 spiro atoms. The molecule has 90 valence electrons. The molecular formula is C10H6ClF2NO3. The Kier molecular flexibility index (Phi) is 4.24. The minimum Gasteiger partial charge on any atom is -0.478 e. The Morgan fingerprint density at radius 2 is 2.24 bits per heavy atom. The van der Waals surface area contributed by atoms with E-state index in [2.05, 4.69) is 4.74 Å². The summed E-state index contributed by atoms with van der Waals surface area (Å²) in [5.41, 5.74) is -0.545. The molecule has 0 aromatic heterocycles. The zero-order chi connectivity index (χ0) is 13.0. The van der Waals surface area contributed by atoms with Gasteiger partial charge in [-0.15, -0.1) is 11.6 Å². The molecule has 0 saturated heterocycles. The first kappa shape index (κ1) is 13.2. The van der Waals surface area contributed by atoms with Crippen LogP contribution in [0.4, 0.5) is 8.78 Å². The van der Waals surface area contributed by atoms with Crippen LogP contribution in [0.15, 0.2) is 12.1 Å². The molecule has 1 aromatic carbocycles. The summed E-state index contributed by atoms with van der Waals surface area (Å²) >= 11 is 5.50. The molecule has 0 radical (unpaired) electrons. The number of hydrogen-bond donors (Lipinski definition) is 1. The fourth-order valence-corrected chi connectivity index (χ4v) is 1.40. The van der Waals surface area contributed by atoms with E-state index in [1.165, 1.54) is 6.07 Å². The minimum absolute atomic E-state index is 0.0474. The van der Waals surface area contributed by atoms with Gasteiger partial charge in [-0.25, -0.2) is 4.79 Å². The van der Waals surface area contributed by atoms with Crippen molar-refractivity contribution in [3.8, 4) is 11.8 Å². The number of nitriles is 1. The van der Waals surface area contributed by atoms with Crippen molar-refractivity contribution in [3.63, 3.8) is 0 Å². The Bertz CT molecular complexity index is 485. The lowest BCUT2D eigenvalue weighted by atomic mass is 10.0. The van der Waals surface area contributed by atoms with Gasteiger partial charge in [0.25, 0.3) is 0 Å². The van der Waals surface area contributed by atoms with Gasteiger partial charge in [0.05, 0.1) is 5.56 Å². The quantitative estimate of drug-likeness (QED) is 0.846. The van der Waals surface area contributed by atoms with Crippen molar-refractivity contribution < 1.29 is 23.4 Å². The van der Waals surface area contributed by atoms with Gasteiger partial charge in [-0.05, 0) is 17.7 Å². The Balaban J connectivity index is 3.42. The summed E-state index contributed by atoms with van der Waals surface area (Å²) in [5.74, 6) is -2.13. The van der Waals surface area contributed by atoms with E-state index >= 15 is 0 Å². The second kappa shape index (κ2) is 5.46. The van der Waals surface area contributed by atoms with Crippen molar-refractivity contribution in [2.45, 2.75) is 12.5 Å². The summed E-state index contributed by atoms with van der Waals surface area (Å²) in [4.78, 5) is 10.9. The third-order valence-electron chi connectivity index (χ3n) is 1.87. The lowest BCUT2D eigenvalue weighted by molar-refractivity contribution is -0.0503. The number of rotatable bonds is 4. The van der Waals surface area contributed by atoms with Crippen LogP contribution in [0.3, 0.4) is 0 Å². The molecule has 1 aromatic rings. The standard InChI is InChI=1S/C10H6ClF2NO3/c11-3-5-1-6(4-14)8(9(15)16)7(2-5)17-10(12)13/h1-2,10H,3H2,(H,15,16). The SMILES string of the molecule is N#Cc1cc(CCl)cc(OC(F)F)c1C(=O)O. The molecule has 0 unspecified atom stereocenters. The lowest BCUT2D eigenvalue weighted by Crippen LogP contribution is -2.10. The van der Waals surface area contributed by atoms with Crippen LogP contribution in [0.25, 0.3) is 0 Å². The fraction of sp³-hybridized carbons (Fsp3) is 0.200. The number of nitrogens with zero attached hydrogens (tertiary/aromatic N) is 1. The number of alkyl halides is 3. The zero-order valence-electron chi connectivity index (χ0n) is 8.28. The van der Waals surface area contributed by atoms with Crippen molar-refractivity contribution >= 4 is 17.6 Å². The van der Waals surface area contributed by atoms with Gasteiger partial charge in [-0.3, -0.25) is 0 Å². The second-order valence-corrected chi connectivity index (χ2v) is 3.21. The number of carbonyl (C=O) groups is 1. The molecule has 0 fully saturated rings. The van der Waals surface area contributed by atoms with Crippen molar-refractivity contribution in [2.75, 3.05) is 0 Å². The molecule has 17 heavy (non-hydrogen) atoms. The highest BCUT2D eigenvalue weighted by molar-refractivity contribution is 6.17. The molecule has 0 bridgehead atoms. The average molecular weight is 262 g/mol. The molecule has 0 aliphatic heterocycles. The van der Waals surface area contributed by atoms with Gasteiger partial charge in [-0.1, -0.05) is 0 Å². The molecule has 1 rings (SSSR count). The lowest BCUT2D eigenvalue weighted by Gasteiger charge is -2.10. The number of hydrogen-bond acceptors (Lipinski definition) is 3. The Labute approximate surface area is 100.0 Å². The highest BCUT2D eigenvalue weighted by atomic mass is 35.5. The zero-order valence-corrected chi connectivity index (χ0v) is 9.04. The molecule has 4 nitrogen and oxygen atoms in total. The minimum atomic E-state index is -3.18. The summed E-state index contributed by atoms with van der Waals surface area (Å²) < 4.78 is 28.3. The number of aromatic carboxylic acids is 1. The summed E-state index contributed by atoms with van der Waals surface area (Å²) in [7, 11) is 0. The largest absolute Gasteiger partial charge is 0.478 e. The highest BCUT2D eigenvalue weighted by Gasteiger charge is 2.20. The van der Waals surface area contributed by atoms with Gasteiger partial charge in [0, 0.05) is 5.88 Å². The smallest absolute Gasteiger partial charge is 0.387 e. The number of benzene rings is 1. The van der Waals surface area contributed by atoms with Gasteiger partial charge >= 0.3 is 12.6 Å². The third kappa shape index (κ3) is 3.04. The van der Waals surface area contributed by atoms with Gasteiger partial charge in [0.1, 0.15) is 17.4 Å². The topological polar surface area (TPSA) is 70.3 Å². The van der Waals surface area contributed by atoms with Crippen molar-refractivity contribution in [1.29, 1.82) is 5.26 Å². The fourth-order valence-electron chi connectivity index (χ4n) is 1.25. The molecule has 0 amide bonds. The van der Waals surface area contributed by atoms with Crippen LogP contribution >= 0.6 is 11.6 Å². The second-order valence-electron chi connectivity index (χ2n) is 2.95. The van der Waals surface area contributed by atoms with E-state index in [1.54, 1.807) is 6.07 Å². The van der Waals surface area contributed by atoms with Crippen LogP contribution in [0, 0.1) is 11.3 Å². The van der Waals surface area contributed by atoms with Crippen LogP contribution in [-0.4, -0.2) is 17.7 Å². The first-order chi connectivity index (χ1) is 7.99. The summed E-state index contributed by atoms with van der Waals surface area (Å²) in [5, 5.41) is 17.6. The predicted octanol–water partition coefficient (Wildman–Crippen LogP) is 2.60.